The van der Waals surface area contributed by atoms with Crippen LogP contribution in [0.25, 0.3) is 11.3 Å². The fraction of sp³-hybridized carbons (Fsp3) is 0.308. The van der Waals surface area contributed by atoms with Gasteiger partial charge < -0.3 is 14.9 Å². The molecule has 0 radical (unpaired) electrons. The van der Waals surface area contributed by atoms with Crippen LogP contribution < -0.4 is 10.5 Å². The van der Waals surface area contributed by atoms with Crippen molar-refractivity contribution in [1.29, 1.82) is 0 Å². The molecule has 90 valence electrons. The summed E-state index contributed by atoms with van der Waals surface area (Å²) in [5.74, 6) is 2.00. The minimum absolute atomic E-state index is 0.301. The van der Waals surface area contributed by atoms with Crippen molar-refractivity contribution in [2.75, 3.05) is 7.11 Å². The van der Waals surface area contributed by atoms with E-state index in [1.807, 2.05) is 12.1 Å². The van der Waals surface area contributed by atoms with Crippen LogP contribution in [0.2, 0.25) is 0 Å². The van der Waals surface area contributed by atoms with Crippen LogP contribution in [-0.4, -0.2) is 12.1 Å². The molecular formula is C13H16N2O2. The summed E-state index contributed by atoms with van der Waals surface area (Å²) in [6.45, 7) is 2.41. The summed E-state index contributed by atoms with van der Waals surface area (Å²) in [5.41, 5.74) is 7.62. The first kappa shape index (κ1) is 11.7. The number of ether oxygens (including phenoxy) is 1. The van der Waals surface area contributed by atoms with E-state index in [0.29, 0.717) is 18.2 Å². The number of oxazole rings is 1. The molecule has 0 aliphatic heterocycles. The summed E-state index contributed by atoms with van der Waals surface area (Å²) < 4.78 is 10.9. The van der Waals surface area contributed by atoms with E-state index in [9.17, 15) is 0 Å². The molecule has 0 saturated heterocycles. The van der Waals surface area contributed by atoms with Gasteiger partial charge in [-0.1, -0.05) is 13.0 Å². The maximum absolute atomic E-state index is 5.54. The van der Waals surface area contributed by atoms with Gasteiger partial charge in [0.25, 0.3) is 0 Å². The number of nitrogens with two attached hydrogens (primary N) is 1. The number of aromatic nitrogens is 1. The third-order valence-corrected chi connectivity index (χ3v) is 2.67. The van der Waals surface area contributed by atoms with Gasteiger partial charge >= 0.3 is 0 Å². The maximum Gasteiger partial charge on any atom is 0.208 e. The zero-order valence-electron chi connectivity index (χ0n) is 10.1. The predicted octanol–water partition coefficient (Wildman–Crippen LogP) is 2.37. The molecule has 0 saturated carbocycles. The van der Waals surface area contributed by atoms with E-state index in [1.165, 1.54) is 5.56 Å². The molecule has 17 heavy (non-hydrogen) atoms. The Bertz CT molecular complexity index is 506. The summed E-state index contributed by atoms with van der Waals surface area (Å²) in [4.78, 5) is 4.09. The van der Waals surface area contributed by atoms with Gasteiger partial charge in [-0.15, -0.1) is 0 Å². The van der Waals surface area contributed by atoms with Crippen LogP contribution in [0, 0.1) is 0 Å². The van der Waals surface area contributed by atoms with Crippen molar-refractivity contribution in [2.45, 2.75) is 19.9 Å². The SMILES string of the molecule is CCc1ccc(OC)c(-c2cnc(CN)o2)c1. The lowest BCUT2D eigenvalue weighted by atomic mass is 10.1. The van der Waals surface area contributed by atoms with Gasteiger partial charge in [-0.25, -0.2) is 4.98 Å². The molecule has 0 amide bonds. The van der Waals surface area contributed by atoms with Crippen LogP contribution in [-0.2, 0) is 13.0 Å². The summed E-state index contributed by atoms with van der Waals surface area (Å²) in [6.07, 6.45) is 2.65. The molecule has 2 rings (SSSR count). The highest BCUT2D eigenvalue weighted by Crippen LogP contribution is 2.31. The molecule has 2 N–H and O–H groups in total. The minimum Gasteiger partial charge on any atom is -0.496 e. The van der Waals surface area contributed by atoms with Crippen molar-refractivity contribution in [1.82, 2.24) is 4.98 Å². The average molecular weight is 232 g/mol. The van der Waals surface area contributed by atoms with Crippen LogP contribution in [0.1, 0.15) is 18.4 Å². The molecular weight excluding hydrogens is 216 g/mol. The quantitative estimate of drug-likeness (QED) is 0.879. The molecule has 2 aromatic rings. The summed E-state index contributed by atoms with van der Waals surface area (Å²) in [6, 6.07) is 6.04. The standard InChI is InChI=1S/C13H16N2O2/c1-3-9-4-5-11(16-2)10(6-9)12-8-15-13(7-14)17-12/h4-6,8H,3,7,14H2,1-2H3. The molecule has 1 heterocycles. The maximum atomic E-state index is 5.54. The van der Waals surface area contributed by atoms with Crippen molar-refractivity contribution in [3.05, 3.63) is 35.9 Å². The van der Waals surface area contributed by atoms with Crippen LogP contribution in [0.5, 0.6) is 5.75 Å². The molecule has 0 unspecified atom stereocenters. The lowest BCUT2D eigenvalue weighted by Gasteiger charge is -2.07. The zero-order valence-corrected chi connectivity index (χ0v) is 10.1. The molecule has 0 bridgehead atoms. The molecule has 1 aromatic carbocycles. The van der Waals surface area contributed by atoms with Crippen LogP contribution in [0.15, 0.2) is 28.8 Å². The number of hydrogen-bond acceptors (Lipinski definition) is 4. The van der Waals surface area contributed by atoms with Gasteiger partial charge in [-0.3, -0.25) is 0 Å². The van der Waals surface area contributed by atoms with E-state index in [1.54, 1.807) is 13.3 Å². The topological polar surface area (TPSA) is 61.3 Å². The molecule has 1 aromatic heterocycles. The first-order chi connectivity index (χ1) is 8.28. The predicted molar refractivity (Wildman–Crippen MR) is 65.8 cm³/mol. The van der Waals surface area contributed by atoms with Crippen molar-refractivity contribution >= 4 is 0 Å². The van der Waals surface area contributed by atoms with Gasteiger partial charge in [0.15, 0.2) is 5.76 Å². The van der Waals surface area contributed by atoms with Gasteiger partial charge in [0.05, 0.1) is 25.4 Å². The van der Waals surface area contributed by atoms with Gasteiger partial charge in [0.1, 0.15) is 5.75 Å². The number of benzene rings is 1. The number of hydrogen-bond donors (Lipinski definition) is 1. The van der Waals surface area contributed by atoms with E-state index >= 15 is 0 Å². The second-order valence-corrected chi connectivity index (χ2v) is 3.71. The van der Waals surface area contributed by atoms with Crippen molar-refractivity contribution in [3.8, 4) is 17.1 Å². The summed E-state index contributed by atoms with van der Waals surface area (Å²) in [7, 11) is 1.64. The Morgan fingerprint density at radius 2 is 2.24 bits per heavy atom. The summed E-state index contributed by atoms with van der Waals surface area (Å²) >= 11 is 0. The van der Waals surface area contributed by atoms with Crippen LogP contribution in [0.4, 0.5) is 0 Å². The molecule has 0 aliphatic rings. The number of aryl methyl sites for hydroxylation is 1. The normalized spacial score (nSPS) is 10.5. The molecule has 4 heteroatoms. The smallest absolute Gasteiger partial charge is 0.208 e. The second kappa shape index (κ2) is 5.01. The fourth-order valence-electron chi connectivity index (χ4n) is 1.70. The van der Waals surface area contributed by atoms with E-state index in [2.05, 4.69) is 18.0 Å². The lowest BCUT2D eigenvalue weighted by molar-refractivity contribution is 0.413. The Morgan fingerprint density at radius 3 is 2.82 bits per heavy atom. The lowest BCUT2D eigenvalue weighted by Crippen LogP contribution is -1.95. The molecule has 0 spiro atoms. The Labute approximate surface area is 100 Å². The molecule has 0 aliphatic carbocycles. The first-order valence-corrected chi connectivity index (χ1v) is 5.60. The fourth-order valence-corrected chi connectivity index (χ4v) is 1.70. The number of methoxy groups -OCH3 is 1. The third-order valence-electron chi connectivity index (χ3n) is 2.67. The highest BCUT2D eigenvalue weighted by Gasteiger charge is 2.11. The van der Waals surface area contributed by atoms with E-state index in [4.69, 9.17) is 14.9 Å². The van der Waals surface area contributed by atoms with Crippen molar-refractivity contribution in [3.63, 3.8) is 0 Å². The van der Waals surface area contributed by atoms with Crippen LogP contribution >= 0.6 is 0 Å². The molecule has 0 atom stereocenters. The second-order valence-electron chi connectivity index (χ2n) is 3.71. The van der Waals surface area contributed by atoms with Gasteiger partial charge in [0.2, 0.25) is 5.89 Å². The Hall–Kier alpha value is -1.81. The van der Waals surface area contributed by atoms with E-state index in [-0.39, 0.29) is 0 Å². The monoisotopic (exact) mass is 232 g/mol. The van der Waals surface area contributed by atoms with Crippen molar-refractivity contribution < 1.29 is 9.15 Å². The highest BCUT2D eigenvalue weighted by molar-refractivity contribution is 5.66. The molecule has 4 nitrogen and oxygen atoms in total. The Morgan fingerprint density at radius 1 is 1.41 bits per heavy atom. The van der Waals surface area contributed by atoms with Crippen molar-refractivity contribution in [2.24, 2.45) is 5.73 Å². The Balaban J connectivity index is 2.47. The number of nitrogens with zero attached hydrogens (tertiary/aromatic N) is 1. The largest absolute Gasteiger partial charge is 0.496 e. The average Bonchev–Trinajstić information content (AvgIpc) is 2.86. The summed E-state index contributed by atoms with van der Waals surface area (Å²) in [5, 5.41) is 0. The van der Waals surface area contributed by atoms with Gasteiger partial charge in [-0.05, 0) is 24.1 Å². The number of rotatable bonds is 4. The van der Waals surface area contributed by atoms with E-state index < -0.39 is 0 Å². The van der Waals surface area contributed by atoms with Crippen LogP contribution in [0.3, 0.4) is 0 Å². The Kier molecular flexibility index (Phi) is 3.44. The highest BCUT2D eigenvalue weighted by atomic mass is 16.5. The zero-order chi connectivity index (χ0) is 12.3. The molecule has 0 fully saturated rings. The third kappa shape index (κ3) is 2.31. The van der Waals surface area contributed by atoms with Gasteiger partial charge in [0, 0.05) is 0 Å². The minimum atomic E-state index is 0.301. The van der Waals surface area contributed by atoms with Gasteiger partial charge in [-0.2, -0.15) is 0 Å². The van der Waals surface area contributed by atoms with E-state index in [0.717, 1.165) is 17.7 Å². The first-order valence-electron chi connectivity index (χ1n) is 5.60.